The molecule has 0 bridgehead atoms. The fraction of sp³-hybridized carbons (Fsp3) is 0.318. The lowest BCUT2D eigenvalue weighted by Crippen LogP contribution is -2.34. The summed E-state index contributed by atoms with van der Waals surface area (Å²) in [5, 5.41) is 3.46. The summed E-state index contributed by atoms with van der Waals surface area (Å²) in [4.78, 5) is 34.2. The number of nitrogens with zero attached hydrogens (tertiary/aromatic N) is 2. The van der Waals surface area contributed by atoms with E-state index in [4.69, 9.17) is 4.74 Å². The van der Waals surface area contributed by atoms with Gasteiger partial charge in [0.2, 0.25) is 5.91 Å². The van der Waals surface area contributed by atoms with Crippen LogP contribution in [0.4, 0.5) is 5.69 Å². The number of anilines is 1. The smallest absolute Gasteiger partial charge is 0.258 e. The molecule has 0 aliphatic heterocycles. The molecule has 1 amide bonds. The molecule has 2 aromatic carbocycles. The fourth-order valence-electron chi connectivity index (χ4n) is 3.10. The van der Waals surface area contributed by atoms with E-state index >= 15 is 0 Å². The Balaban J connectivity index is 1.70. The van der Waals surface area contributed by atoms with Gasteiger partial charge in [0.05, 0.1) is 31.1 Å². The molecule has 7 nitrogen and oxygen atoms in total. The Bertz CT molecular complexity index is 1010. The van der Waals surface area contributed by atoms with Crippen LogP contribution in [0.2, 0.25) is 0 Å². The second-order valence-electron chi connectivity index (χ2n) is 6.87. The molecular weight excluding hydrogens is 368 g/mol. The van der Waals surface area contributed by atoms with Crippen LogP contribution in [0, 0.1) is 0 Å². The number of para-hydroxylation sites is 1. The van der Waals surface area contributed by atoms with Crippen molar-refractivity contribution in [2.45, 2.75) is 26.3 Å². The number of hydrogen-bond acceptors (Lipinski definition) is 5. The van der Waals surface area contributed by atoms with Crippen molar-refractivity contribution in [1.82, 2.24) is 14.9 Å². The standard InChI is InChI=1S/C22H26N4O3/c1-3-4-13-26(15-21(27)23-16-9-11-17(29-2)12-10-16)14-20-24-19-8-6-5-7-18(19)22(28)25-20/h5-12H,3-4,13-15H2,1-2H3,(H,23,27)(H,24,25,28). The Morgan fingerprint density at radius 1 is 1.17 bits per heavy atom. The van der Waals surface area contributed by atoms with Crippen molar-refractivity contribution in [3.8, 4) is 5.75 Å². The number of benzene rings is 2. The molecule has 0 aliphatic carbocycles. The zero-order valence-corrected chi connectivity index (χ0v) is 16.8. The van der Waals surface area contributed by atoms with Crippen LogP contribution in [0.25, 0.3) is 10.9 Å². The summed E-state index contributed by atoms with van der Waals surface area (Å²) in [6.45, 7) is 3.45. The first kappa shape index (κ1) is 20.5. The number of carbonyl (C=O) groups excluding carboxylic acids is 1. The molecule has 29 heavy (non-hydrogen) atoms. The lowest BCUT2D eigenvalue weighted by molar-refractivity contribution is -0.117. The quantitative estimate of drug-likeness (QED) is 0.582. The Kier molecular flexibility index (Phi) is 6.97. The van der Waals surface area contributed by atoms with E-state index in [1.807, 2.05) is 23.1 Å². The Morgan fingerprint density at radius 3 is 2.66 bits per heavy atom. The molecule has 0 fully saturated rings. The highest BCUT2D eigenvalue weighted by atomic mass is 16.5. The molecule has 0 radical (unpaired) electrons. The number of aromatic amines is 1. The molecule has 152 valence electrons. The highest BCUT2D eigenvalue weighted by Gasteiger charge is 2.14. The minimum atomic E-state index is -0.163. The largest absolute Gasteiger partial charge is 0.497 e. The van der Waals surface area contributed by atoms with Gasteiger partial charge in [-0.05, 0) is 49.4 Å². The van der Waals surface area contributed by atoms with Gasteiger partial charge in [-0.25, -0.2) is 4.98 Å². The number of aromatic nitrogens is 2. The van der Waals surface area contributed by atoms with Gasteiger partial charge in [0.15, 0.2) is 0 Å². The average molecular weight is 394 g/mol. The number of carbonyl (C=O) groups is 1. The van der Waals surface area contributed by atoms with Gasteiger partial charge >= 0.3 is 0 Å². The monoisotopic (exact) mass is 394 g/mol. The van der Waals surface area contributed by atoms with Crippen LogP contribution in [-0.4, -0.2) is 41.0 Å². The molecule has 2 N–H and O–H groups in total. The highest BCUT2D eigenvalue weighted by molar-refractivity contribution is 5.92. The summed E-state index contributed by atoms with van der Waals surface area (Å²) >= 11 is 0. The number of amides is 1. The number of nitrogens with one attached hydrogen (secondary N) is 2. The maximum atomic E-state index is 12.5. The molecule has 0 unspecified atom stereocenters. The minimum Gasteiger partial charge on any atom is -0.497 e. The molecule has 0 spiro atoms. The van der Waals surface area contributed by atoms with E-state index in [1.165, 1.54) is 0 Å². The number of ether oxygens (including phenoxy) is 1. The molecular formula is C22H26N4O3. The van der Waals surface area contributed by atoms with Crippen molar-refractivity contribution in [2.75, 3.05) is 25.5 Å². The predicted molar refractivity (Wildman–Crippen MR) is 114 cm³/mol. The van der Waals surface area contributed by atoms with Gasteiger partial charge in [-0.1, -0.05) is 25.5 Å². The summed E-state index contributed by atoms with van der Waals surface area (Å²) in [5.41, 5.74) is 1.21. The maximum Gasteiger partial charge on any atom is 0.258 e. The van der Waals surface area contributed by atoms with Crippen LogP contribution >= 0.6 is 0 Å². The van der Waals surface area contributed by atoms with E-state index < -0.39 is 0 Å². The van der Waals surface area contributed by atoms with E-state index in [0.717, 1.165) is 25.1 Å². The second kappa shape index (κ2) is 9.84. The molecule has 3 aromatic rings. The molecule has 0 saturated heterocycles. The summed E-state index contributed by atoms with van der Waals surface area (Å²) in [7, 11) is 1.60. The zero-order valence-electron chi connectivity index (χ0n) is 16.8. The summed E-state index contributed by atoms with van der Waals surface area (Å²) in [5.74, 6) is 1.18. The van der Waals surface area contributed by atoms with E-state index in [9.17, 15) is 9.59 Å². The highest BCUT2D eigenvalue weighted by Crippen LogP contribution is 2.15. The van der Waals surface area contributed by atoms with Crippen molar-refractivity contribution in [3.05, 3.63) is 64.7 Å². The van der Waals surface area contributed by atoms with Crippen LogP contribution in [0.15, 0.2) is 53.3 Å². The fourth-order valence-corrected chi connectivity index (χ4v) is 3.10. The van der Waals surface area contributed by atoms with Gasteiger partial charge in [-0.2, -0.15) is 0 Å². The first-order valence-corrected chi connectivity index (χ1v) is 9.73. The normalized spacial score (nSPS) is 11.0. The molecule has 7 heteroatoms. The van der Waals surface area contributed by atoms with Gasteiger partial charge in [0.25, 0.3) is 5.56 Å². The SMILES string of the molecule is CCCCN(CC(=O)Nc1ccc(OC)cc1)Cc1nc2ccccc2c(=O)[nH]1. The van der Waals surface area contributed by atoms with E-state index in [2.05, 4.69) is 22.2 Å². The molecule has 0 aliphatic rings. The van der Waals surface area contributed by atoms with Crippen LogP contribution in [0.3, 0.4) is 0 Å². The Hall–Kier alpha value is -3.19. The van der Waals surface area contributed by atoms with Gasteiger partial charge in [0, 0.05) is 5.69 Å². The van der Waals surface area contributed by atoms with Crippen molar-refractivity contribution in [2.24, 2.45) is 0 Å². The summed E-state index contributed by atoms with van der Waals surface area (Å²) in [6, 6.07) is 14.4. The van der Waals surface area contributed by atoms with Crippen LogP contribution in [0.5, 0.6) is 5.75 Å². The van der Waals surface area contributed by atoms with Gasteiger partial charge < -0.3 is 15.0 Å². The van der Waals surface area contributed by atoms with Gasteiger partial charge in [0.1, 0.15) is 11.6 Å². The van der Waals surface area contributed by atoms with E-state index in [1.54, 1.807) is 37.4 Å². The maximum absolute atomic E-state index is 12.5. The number of unbranched alkanes of at least 4 members (excludes halogenated alkanes) is 1. The lowest BCUT2D eigenvalue weighted by Gasteiger charge is -2.21. The Labute approximate surface area is 169 Å². The Morgan fingerprint density at radius 2 is 1.93 bits per heavy atom. The number of rotatable bonds is 9. The van der Waals surface area contributed by atoms with Gasteiger partial charge in [-0.15, -0.1) is 0 Å². The average Bonchev–Trinajstić information content (AvgIpc) is 2.72. The second-order valence-corrected chi connectivity index (χ2v) is 6.87. The predicted octanol–water partition coefficient (Wildman–Crippen LogP) is 3.17. The zero-order chi connectivity index (χ0) is 20.6. The van der Waals surface area contributed by atoms with Crippen LogP contribution in [0.1, 0.15) is 25.6 Å². The summed E-state index contributed by atoms with van der Waals surface area (Å²) < 4.78 is 5.13. The first-order chi connectivity index (χ1) is 14.1. The molecule has 0 atom stereocenters. The molecule has 0 saturated carbocycles. The van der Waals surface area contributed by atoms with E-state index in [0.29, 0.717) is 29.0 Å². The van der Waals surface area contributed by atoms with E-state index in [-0.39, 0.29) is 18.0 Å². The third-order valence-corrected chi connectivity index (χ3v) is 4.60. The molecule has 1 aromatic heterocycles. The third-order valence-electron chi connectivity index (χ3n) is 4.60. The van der Waals surface area contributed by atoms with Crippen molar-refractivity contribution in [3.63, 3.8) is 0 Å². The van der Waals surface area contributed by atoms with Crippen molar-refractivity contribution < 1.29 is 9.53 Å². The number of H-pyrrole nitrogens is 1. The number of methoxy groups -OCH3 is 1. The van der Waals surface area contributed by atoms with Crippen LogP contribution < -0.4 is 15.6 Å². The minimum absolute atomic E-state index is 0.116. The molecule has 3 rings (SSSR count). The number of hydrogen-bond donors (Lipinski definition) is 2. The third kappa shape index (κ3) is 5.65. The molecule has 1 heterocycles. The number of fused-ring (bicyclic) bond motifs is 1. The lowest BCUT2D eigenvalue weighted by atomic mass is 10.2. The van der Waals surface area contributed by atoms with Crippen LogP contribution in [-0.2, 0) is 11.3 Å². The van der Waals surface area contributed by atoms with Crippen molar-refractivity contribution in [1.29, 1.82) is 0 Å². The topological polar surface area (TPSA) is 87.3 Å². The van der Waals surface area contributed by atoms with Crippen molar-refractivity contribution >= 4 is 22.5 Å². The summed E-state index contributed by atoms with van der Waals surface area (Å²) in [6.07, 6.45) is 1.96. The van der Waals surface area contributed by atoms with Gasteiger partial charge in [-0.3, -0.25) is 14.5 Å². The first-order valence-electron chi connectivity index (χ1n) is 9.73.